The van der Waals surface area contributed by atoms with Gasteiger partial charge in [0.2, 0.25) is 11.8 Å². The molecule has 4 atom stereocenters. The number of methoxy groups -OCH3 is 1. The lowest BCUT2D eigenvalue weighted by atomic mass is 9.86. The lowest BCUT2D eigenvalue weighted by Gasteiger charge is -2.36. The molecule has 0 spiro atoms. The predicted octanol–water partition coefficient (Wildman–Crippen LogP) is 2.70. The number of anilines is 1. The summed E-state index contributed by atoms with van der Waals surface area (Å²) in [5.41, 5.74) is 1.83. The summed E-state index contributed by atoms with van der Waals surface area (Å²) in [4.78, 5) is 54.4. The van der Waals surface area contributed by atoms with Crippen LogP contribution in [-0.4, -0.2) is 59.8 Å². The second-order valence-electron chi connectivity index (χ2n) is 8.65. The minimum absolute atomic E-state index is 0.124. The molecule has 0 saturated carbocycles. The van der Waals surface area contributed by atoms with Gasteiger partial charge in [-0.05, 0) is 30.2 Å². The monoisotopic (exact) mass is 461 g/mol. The predicted molar refractivity (Wildman–Crippen MR) is 123 cm³/mol. The van der Waals surface area contributed by atoms with Crippen molar-refractivity contribution in [3.8, 4) is 0 Å². The molecule has 0 N–H and O–H groups in total. The van der Waals surface area contributed by atoms with Gasteiger partial charge in [0.1, 0.15) is 6.04 Å². The van der Waals surface area contributed by atoms with Crippen molar-refractivity contribution in [2.75, 3.05) is 25.2 Å². The Balaban J connectivity index is 1.57. The summed E-state index contributed by atoms with van der Waals surface area (Å²) >= 11 is 0. The Morgan fingerprint density at radius 3 is 2.47 bits per heavy atom. The van der Waals surface area contributed by atoms with Crippen molar-refractivity contribution in [1.82, 2.24) is 4.90 Å². The number of benzene rings is 2. The van der Waals surface area contributed by atoms with E-state index >= 15 is 0 Å². The SMILES string of the molecule is COCCCN1C(=O)C2C(C1=O)C(C(=O)c1ccc([N+](=O)[O-])cc1)N1c3ccccc3C=CC21. The standard InChI is InChI=1S/C25H23N3O6/c1-34-14-4-13-26-24(30)20-19-12-9-15-5-2-3-6-18(15)27(19)22(21(20)25(26)31)23(29)16-7-10-17(11-8-16)28(32)33/h2-3,5-12,19-22H,4,13-14H2,1H3. The number of para-hydroxylation sites is 1. The number of ether oxygens (including phenoxy) is 1. The van der Waals surface area contributed by atoms with Gasteiger partial charge in [0, 0.05) is 43.6 Å². The van der Waals surface area contributed by atoms with Gasteiger partial charge in [-0.1, -0.05) is 30.4 Å². The maximum Gasteiger partial charge on any atom is 0.269 e. The molecule has 2 fully saturated rings. The second-order valence-corrected chi connectivity index (χ2v) is 8.65. The first-order valence-corrected chi connectivity index (χ1v) is 11.1. The molecule has 0 radical (unpaired) electrons. The molecule has 4 unspecified atom stereocenters. The van der Waals surface area contributed by atoms with E-state index < -0.39 is 28.8 Å². The highest BCUT2D eigenvalue weighted by Crippen LogP contribution is 2.49. The van der Waals surface area contributed by atoms with E-state index in [9.17, 15) is 24.5 Å². The zero-order valence-corrected chi connectivity index (χ0v) is 18.5. The minimum Gasteiger partial charge on any atom is -0.385 e. The van der Waals surface area contributed by atoms with Gasteiger partial charge in [-0.3, -0.25) is 29.4 Å². The second kappa shape index (κ2) is 8.49. The van der Waals surface area contributed by atoms with E-state index in [1.165, 1.54) is 29.2 Å². The van der Waals surface area contributed by atoms with E-state index in [1.807, 2.05) is 41.3 Å². The number of fused-ring (bicyclic) bond motifs is 5. The molecule has 0 aliphatic carbocycles. The van der Waals surface area contributed by atoms with E-state index in [1.54, 1.807) is 7.11 Å². The molecule has 3 aliphatic rings. The summed E-state index contributed by atoms with van der Waals surface area (Å²) in [5.74, 6) is -2.47. The number of nitrogens with zero attached hydrogens (tertiary/aromatic N) is 3. The Labute approximate surface area is 195 Å². The first kappa shape index (κ1) is 22.0. The number of imide groups is 1. The fourth-order valence-electron chi connectivity index (χ4n) is 5.38. The largest absolute Gasteiger partial charge is 0.385 e. The number of carbonyl (C=O) groups excluding carboxylic acids is 3. The maximum atomic E-state index is 13.8. The molecular weight excluding hydrogens is 438 g/mol. The number of ketones is 1. The summed E-state index contributed by atoms with van der Waals surface area (Å²) in [5, 5.41) is 11.0. The van der Waals surface area contributed by atoms with Gasteiger partial charge in [-0.15, -0.1) is 0 Å². The van der Waals surface area contributed by atoms with Gasteiger partial charge in [-0.25, -0.2) is 0 Å². The van der Waals surface area contributed by atoms with Crippen LogP contribution in [0.3, 0.4) is 0 Å². The van der Waals surface area contributed by atoms with E-state index in [0.29, 0.717) is 13.0 Å². The molecule has 34 heavy (non-hydrogen) atoms. The third kappa shape index (κ3) is 3.31. The number of Topliss-reactive ketones (excluding diaryl/α,β-unsaturated/α-hetero) is 1. The van der Waals surface area contributed by atoms with Gasteiger partial charge in [0.15, 0.2) is 5.78 Å². The molecule has 3 aliphatic heterocycles. The third-order valence-corrected chi connectivity index (χ3v) is 6.87. The molecular formula is C25H23N3O6. The molecule has 9 nitrogen and oxygen atoms in total. The van der Waals surface area contributed by atoms with Gasteiger partial charge in [-0.2, -0.15) is 0 Å². The van der Waals surface area contributed by atoms with Crippen LogP contribution in [0.25, 0.3) is 6.08 Å². The van der Waals surface area contributed by atoms with Crippen LogP contribution in [0.2, 0.25) is 0 Å². The fourth-order valence-corrected chi connectivity index (χ4v) is 5.38. The van der Waals surface area contributed by atoms with Crippen LogP contribution in [0, 0.1) is 22.0 Å². The molecule has 2 saturated heterocycles. The topological polar surface area (TPSA) is 110 Å². The quantitative estimate of drug-likeness (QED) is 0.205. The normalized spacial score (nSPS) is 24.7. The lowest BCUT2D eigenvalue weighted by Crippen LogP contribution is -2.48. The van der Waals surface area contributed by atoms with Gasteiger partial charge in [0.25, 0.3) is 5.69 Å². The summed E-state index contributed by atoms with van der Waals surface area (Å²) < 4.78 is 5.06. The van der Waals surface area contributed by atoms with E-state index in [4.69, 9.17) is 4.74 Å². The number of amides is 2. The van der Waals surface area contributed by atoms with Crippen molar-refractivity contribution >= 4 is 35.0 Å². The van der Waals surface area contributed by atoms with Crippen LogP contribution in [0.5, 0.6) is 0 Å². The Bertz CT molecular complexity index is 1210. The summed E-state index contributed by atoms with van der Waals surface area (Å²) in [6, 6.07) is 11.6. The van der Waals surface area contributed by atoms with Gasteiger partial charge >= 0.3 is 0 Å². The van der Waals surface area contributed by atoms with Crippen LogP contribution in [0.4, 0.5) is 11.4 Å². The molecule has 2 amide bonds. The highest BCUT2D eigenvalue weighted by atomic mass is 16.6. The van der Waals surface area contributed by atoms with Crippen molar-refractivity contribution in [3.63, 3.8) is 0 Å². The van der Waals surface area contributed by atoms with Crippen molar-refractivity contribution in [3.05, 3.63) is 75.8 Å². The number of likely N-dealkylation sites (tertiary alicyclic amines) is 1. The molecule has 174 valence electrons. The number of rotatable bonds is 7. The first-order chi connectivity index (χ1) is 16.4. The Hall–Kier alpha value is -3.85. The Morgan fingerprint density at radius 1 is 1.06 bits per heavy atom. The Kier molecular flexibility index (Phi) is 5.49. The lowest BCUT2D eigenvalue weighted by molar-refractivity contribution is -0.384. The number of carbonyl (C=O) groups is 3. The molecule has 2 aromatic rings. The smallest absolute Gasteiger partial charge is 0.269 e. The number of nitro benzene ring substituents is 1. The van der Waals surface area contributed by atoms with Crippen molar-refractivity contribution in [2.24, 2.45) is 11.8 Å². The third-order valence-electron chi connectivity index (χ3n) is 6.87. The number of non-ortho nitro benzene ring substituents is 1. The number of hydrogen-bond acceptors (Lipinski definition) is 7. The first-order valence-electron chi connectivity index (χ1n) is 11.1. The van der Waals surface area contributed by atoms with E-state index in [-0.39, 0.29) is 35.4 Å². The molecule has 0 aromatic heterocycles. The van der Waals surface area contributed by atoms with Crippen LogP contribution < -0.4 is 4.90 Å². The van der Waals surface area contributed by atoms with Gasteiger partial charge in [0.05, 0.1) is 22.8 Å². The van der Waals surface area contributed by atoms with E-state index in [2.05, 4.69) is 0 Å². The van der Waals surface area contributed by atoms with Crippen LogP contribution in [0.15, 0.2) is 54.6 Å². The maximum absolute atomic E-state index is 13.8. The highest BCUT2D eigenvalue weighted by molar-refractivity contribution is 6.14. The molecule has 2 aromatic carbocycles. The molecule has 9 heteroatoms. The summed E-state index contributed by atoms with van der Waals surface area (Å²) in [6.07, 6.45) is 4.34. The number of nitro groups is 1. The molecule has 0 bridgehead atoms. The van der Waals surface area contributed by atoms with Crippen molar-refractivity contribution < 1.29 is 24.0 Å². The highest BCUT2D eigenvalue weighted by Gasteiger charge is 2.63. The molecule has 3 heterocycles. The van der Waals surface area contributed by atoms with Crippen LogP contribution in [0.1, 0.15) is 22.3 Å². The van der Waals surface area contributed by atoms with Crippen molar-refractivity contribution in [1.29, 1.82) is 0 Å². The zero-order chi connectivity index (χ0) is 24.0. The van der Waals surface area contributed by atoms with E-state index in [0.717, 1.165) is 11.3 Å². The summed E-state index contributed by atoms with van der Waals surface area (Å²) in [7, 11) is 1.56. The van der Waals surface area contributed by atoms with Crippen LogP contribution in [-0.2, 0) is 14.3 Å². The zero-order valence-electron chi connectivity index (χ0n) is 18.5. The average Bonchev–Trinajstić information content (AvgIpc) is 3.32. The Morgan fingerprint density at radius 2 is 1.76 bits per heavy atom. The summed E-state index contributed by atoms with van der Waals surface area (Å²) in [6.45, 7) is 0.657. The fraction of sp³-hybridized carbons (Fsp3) is 0.320. The average molecular weight is 461 g/mol. The molecule has 5 rings (SSSR count). The van der Waals surface area contributed by atoms with Gasteiger partial charge < -0.3 is 9.64 Å². The minimum atomic E-state index is -0.897. The van der Waals surface area contributed by atoms with Crippen LogP contribution >= 0.6 is 0 Å². The van der Waals surface area contributed by atoms with Crippen molar-refractivity contribution in [2.45, 2.75) is 18.5 Å². The number of hydrogen-bond donors (Lipinski definition) is 0.